The molecule has 1 N–H and O–H groups in total. The number of hydrogen-bond donors (Lipinski definition) is 1. The van der Waals surface area contributed by atoms with E-state index in [1.54, 1.807) is 0 Å². The van der Waals surface area contributed by atoms with Gasteiger partial charge < -0.3 is 24.3 Å². The van der Waals surface area contributed by atoms with E-state index < -0.39 is 0 Å². The smallest absolute Gasteiger partial charge is 0.220 e. The largest absolute Gasteiger partial charge is 0.494 e. The Morgan fingerprint density at radius 2 is 1.77 bits per heavy atom. The highest BCUT2D eigenvalue weighted by Gasteiger charge is 2.22. The number of nitrogens with one attached hydrogen (secondary N) is 1. The first-order valence-corrected chi connectivity index (χ1v) is 10.7. The van der Waals surface area contributed by atoms with Crippen molar-refractivity contribution in [2.45, 2.75) is 52.7 Å². The number of amides is 1. The topological polar surface area (TPSA) is 66.0 Å². The van der Waals surface area contributed by atoms with Gasteiger partial charge in [-0.25, -0.2) is 0 Å². The molecule has 0 saturated carbocycles. The van der Waals surface area contributed by atoms with Gasteiger partial charge in [-0.1, -0.05) is 12.1 Å². The van der Waals surface area contributed by atoms with Crippen LogP contribution in [0.5, 0.6) is 23.0 Å². The molecular weight excluding hydrogens is 382 g/mol. The number of ether oxygens (including phenoxy) is 4. The van der Waals surface area contributed by atoms with Crippen molar-refractivity contribution in [1.82, 2.24) is 5.32 Å². The fourth-order valence-corrected chi connectivity index (χ4v) is 3.45. The van der Waals surface area contributed by atoms with Crippen molar-refractivity contribution in [3.8, 4) is 23.0 Å². The van der Waals surface area contributed by atoms with Crippen LogP contribution in [0.3, 0.4) is 0 Å². The van der Waals surface area contributed by atoms with E-state index in [0.717, 1.165) is 34.8 Å². The summed E-state index contributed by atoms with van der Waals surface area (Å²) in [7, 11) is 0. The van der Waals surface area contributed by atoms with Crippen LogP contribution in [0.15, 0.2) is 36.4 Å². The molecule has 0 radical (unpaired) electrons. The first kappa shape index (κ1) is 21.8. The lowest BCUT2D eigenvalue weighted by Gasteiger charge is -2.14. The van der Waals surface area contributed by atoms with Gasteiger partial charge in [0.1, 0.15) is 17.6 Å². The molecule has 1 aliphatic rings. The molecule has 0 fully saturated rings. The van der Waals surface area contributed by atoms with Crippen LogP contribution in [0, 0.1) is 0 Å². The minimum absolute atomic E-state index is 0.0195. The Morgan fingerprint density at radius 1 is 1.07 bits per heavy atom. The second-order valence-electron chi connectivity index (χ2n) is 7.24. The summed E-state index contributed by atoms with van der Waals surface area (Å²) in [5.74, 6) is 3.10. The first-order valence-electron chi connectivity index (χ1n) is 10.7. The monoisotopic (exact) mass is 413 g/mol. The van der Waals surface area contributed by atoms with Gasteiger partial charge in [0.25, 0.3) is 0 Å². The van der Waals surface area contributed by atoms with Crippen LogP contribution in [0.1, 0.15) is 44.7 Å². The first-order chi connectivity index (χ1) is 14.6. The van der Waals surface area contributed by atoms with Crippen molar-refractivity contribution in [2.75, 3.05) is 19.8 Å². The van der Waals surface area contributed by atoms with Gasteiger partial charge in [-0.3, -0.25) is 4.79 Å². The van der Waals surface area contributed by atoms with Crippen molar-refractivity contribution in [1.29, 1.82) is 0 Å². The summed E-state index contributed by atoms with van der Waals surface area (Å²) in [6.07, 6.45) is 2.07. The Morgan fingerprint density at radius 3 is 2.50 bits per heavy atom. The molecular formula is C24H31NO5. The Kier molecular flexibility index (Phi) is 7.82. The number of hydrogen-bond acceptors (Lipinski definition) is 5. The summed E-state index contributed by atoms with van der Waals surface area (Å²) in [6.45, 7) is 7.97. The molecule has 0 spiro atoms. The summed E-state index contributed by atoms with van der Waals surface area (Å²) < 4.78 is 22.9. The number of para-hydroxylation sites is 2. The molecule has 2 aromatic rings. The van der Waals surface area contributed by atoms with Crippen LogP contribution in [0.4, 0.5) is 0 Å². The van der Waals surface area contributed by atoms with Gasteiger partial charge >= 0.3 is 0 Å². The maximum absolute atomic E-state index is 12.3. The van der Waals surface area contributed by atoms with Crippen molar-refractivity contribution in [2.24, 2.45) is 0 Å². The fourth-order valence-electron chi connectivity index (χ4n) is 3.45. The average molecular weight is 414 g/mol. The van der Waals surface area contributed by atoms with Gasteiger partial charge in [0.15, 0.2) is 11.5 Å². The summed E-state index contributed by atoms with van der Waals surface area (Å²) in [5, 5.41) is 2.98. The van der Waals surface area contributed by atoms with Gasteiger partial charge in [-0.2, -0.15) is 0 Å². The Hall–Kier alpha value is -2.89. The van der Waals surface area contributed by atoms with Gasteiger partial charge in [-0.05, 0) is 51.5 Å². The van der Waals surface area contributed by atoms with Crippen molar-refractivity contribution in [3.05, 3.63) is 47.5 Å². The molecule has 6 heteroatoms. The highest BCUT2D eigenvalue weighted by atomic mass is 16.5. The maximum atomic E-state index is 12.3. The minimum Gasteiger partial charge on any atom is -0.494 e. The number of rotatable bonds is 11. The molecule has 3 rings (SSSR count). The molecule has 1 amide bonds. The van der Waals surface area contributed by atoms with E-state index in [4.69, 9.17) is 18.9 Å². The molecule has 1 heterocycles. The van der Waals surface area contributed by atoms with Crippen LogP contribution < -0.4 is 24.3 Å². The predicted octanol–water partition coefficient (Wildman–Crippen LogP) is 4.28. The third-order valence-electron chi connectivity index (χ3n) is 4.81. The molecule has 1 unspecified atom stereocenters. The summed E-state index contributed by atoms with van der Waals surface area (Å²) in [5.41, 5.74) is 2.09. The number of fused-ring (bicyclic) bond motifs is 1. The van der Waals surface area contributed by atoms with E-state index in [1.165, 1.54) is 0 Å². The summed E-state index contributed by atoms with van der Waals surface area (Å²) in [4.78, 5) is 12.3. The molecule has 30 heavy (non-hydrogen) atoms. The van der Waals surface area contributed by atoms with Gasteiger partial charge in [-0.15, -0.1) is 0 Å². The molecule has 0 aliphatic carbocycles. The van der Waals surface area contributed by atoms with Crippen molar-refractivity contribution < 1.29 is 23.7 Å². The van der Waals surface area contributed by atoms with E-state index in [9.17, 15) is 4.79 Å². The van der Waals surface area contributed by atoms with Crippen LogP contribution in [0.2, 0.25) is 0 Å². The number of benzene rings is 2. The zero-order valence-corrected chi connectivity index (χ0v) is 18.0. The van der Waals surface area contributed by atoms with Crippen LogP contribution in [0.25, 0.3) is 0 Å². The molecule has 6 nitrogen and oxygen atoms in total. The van der Waals surface area contributed by atoms with E-state index in [-0.39, 0.29) is 12.0 Å². The van der Waals surface area contributed by atoms with Gasteiger partial charge in [0.05, 0.1) is 19.8 Å². The van der Waals surface area contributed by atoms with Crippen LogP contribution in [-0.2, 0) is 17.8 Å². The minimum atomic E-state index is -0.0195. The Labute approximate surface area is 178 Å². The SMILES string of the molecule is CCOc1cc2c(cc1CNC(=O)CCCOc1ccccc1OCC)OC(C)C2. The fraction of sp³-hybridized carbons (Fsp3) is 0.458. The van der Waals surface area contributed by atoms with Gasteiger partial charge in [0, 0.05) is 30.5 Å². The molecule has 0 bridgehead atoms. The van der Waals surface area contributed by atoms with E-state index >= 15 is 0 Å². The van der Waals surface area contributed by atoms with Crippen LogP contribution in [-0.4, -0.2) is 31.8 Å². The van der Waals surface area contributed by atoms with Crippen LogP contribution >= 0.6 is 0 Å². The lowest BCUT2D eigenvalue weighted by molar-refractivity contribution is -0.121. The molecule has 1 atom stereocenters. The lowest BCUT2D eigenvalue weighted by Crippen LogP contribution is -2.23. The molecule has 0 saturated heterocycles. The molecule has 0 aromatic heterocycles. The quantitative estimate of drug-likeness (QED) is 0.557. The highest BCUT2D eigenvalue weighted by molar-refractivity contribution is 5.76. The molecule has 1 aliphatic heterocycles. The zero-order valence-electron chi connectivity index (χ0n) is 18.0. The van der Waals surface area contributed by atoms with E-state index in [1.807, 2.05) is 50.2 Å². The highest BCUT2D eigenvalue weighted by Crippen LogP contribution is 2.35. The maximum Gasteiger partial charge on any atom is 0.220 e. The summed E-state index contributed by atoms with van der Waals surface area (Å²) >= 11 is 0. The van der Waals surface area contributed by atoms with Crippen molar-refractivity contribution in [3.63, 3.8) is 0 Å². The lowest BCUT2D eigenvalue weighted by atomic mass is 10.1. The third kappa shape index (κ3) is 5.81. The number of carbonyl (C=O) groups excluding carboxylic acids is 1. The second-order valence-corrected chi connectivity index (χ2v) is 7.24. The van der Waals surface area contributed by atoms with Gasteiger partial charge in [0.2, 0.25) is 5.91 Å². The molecule has 2 aromatic carbocycles. The Bertz CT molecular complexity index is 851. The third-order valence-corrected chi connectivity index (χ3v) is 4.81. The predicted molar refractivity (Wildman–Crippen MR) is 116 cm³/mol. The van der Waals surface area contributed by atoms with Crippen molar-refractivity contribution >= 4 is 5.91 Å². The average Bonchev–Trinajstić information content (AvgIpc) is 3.10. The molecule has 162 valence electrons. The second kappa shape index (κ2) is 10.8. The van der Waals surface area contributed by atoms with E-state index in [0.29, 0.717) is 45.0 Å². The van der Waals surface area contributed by atoms with E-state index in [2.05, 4.69) is 12.2 Å². The summed E-state index contributed by atoms with van der Waals surface area (Å²) in [6, 6.07) is 11.6. The number of carbonyl (C=O) groups is 1. The zero-order chi connectivity index (χ0) is 21.3. The normalized spacial score (nSPS) is 14.6. The Balaban J connectivity index is 1.47. The standard InChI is InChI=1S/C24H31NO5/c1-4-27-20-9-6-7-10-21(20)29-12-8-11-24(26)25-16-19-15-23-18(13-17(3)30-23)14-22(19)28-5-2/h6-7,9-10,14-15,17H,4-5,8,11-13,16H2,1-3H3,(H,25,26).